The first-order valence-corrected chi connectivity index (χ1v) is 7.83. The molecule has 0 atom stereocenters. The highest BCUT2D eigenvalue weighted by molar-refractivity contribution is 7.80. The van der Waals surface area contributed by atoms with Gasteiger partial charge in [0, 0.05) is 10.7 Å². The molecule has 2 aromatic carbocycles. The van der Waals surface area contributed by atoms with Crippen LogP contribution in [-0.4, -0.2) is 25.3 Å². The summed E-state index contributed by atoms with van der Waals surface area (Å²) < 4.78 is 10.00. The highest BCUT2D eigenvalue weighted by atomic mass is 35.5. The van der Waals surface area contributed by atoms with Gasteiger partial charge in [-0.3, -0.25) is 0 Å². The second kappa shape index (κ2) is 7.99. The second-order valence-corrected chi connectivity index (χ2v) is 5.79. The summed E-state index contributed by atoms with van der Waals surface area (Å²) in [4.78, 5) is 11.6. The lowest BCUT2D eigenvalue weighted by Gasteiger charge is -2.15. The molecule has 0 aromatic heterocycles. The van der Waals surface area contributed by atoms with Crippen LogP contribution in [0.2, 0.25) is 5.02 Å². The summed E-state index contributed by atoms with van der Waals surface area (Å²) in [5, 5.41) is 7.01. The van der Waals surface area contributed by atoms with Gasteiger partial charge in [0.15, 0.2) is 5.11 Å². The Hall–Kier alpha value is -2.31. The van der Waals surface area contributed by atoms with Gasteiger partial charge in [0.1, 0.15) is 5.75 Å². The lowest BCUT2D eigenvalue weighted by Crippen LogP contribution is -2.20. The third-order valence-electron chi connectivity index (χ3n) is 3.32. The molecule has 0 radical (unpaired) electrons. The zero-order valence-electron chi connectivity index (χ0n) is 13.5. The Morgan fingerprint density at radius 3 is 2.46 bits per heavy atom. The number of hydrogen-bond acceptors (Lipinski definition) is 4. The Kier molecular flexibility index (Phi) is 6.00. The Morgan fingerprint density at radius 1 is 1.08 bits per heavy atom. The third kappa shape index (κ3) is 4.37. The quantitative estimate of drug-likeness (QED) is 0.624. The third-order valence-corrected chi connectivity index (χ3v) is 3.76. The maximum atomic E-state index is 11.6. The molecular weight excluding hydrogens is 348 g/mol. The summed E-state index contributed by atoms with van der Waals surface area (Å²) in [6, 6.07) is 10.4. The minimum atomic E-state index is -0.409. The van der Waals surface area contributed by atoms with Gasteiger partial charge in [0.2, 0.25) is 0 Å². The van der Waals surface area contributed by atoms with Crippen LogP contribution in [0.1, 0.15) is 15.9 Å². The van der Waals surface area contributed by atoms with E-state index in [1.165, 1.54) is 7.11 Å². The number of rotatable bonds is 4. The summed E-state index contributed by atoms with van der Waals surface area (Å²) in [6.07, 6.45) is 0. The molecule has 24 heavy (non-hydrogen) atoms. The predicted octanol–water partition coefficient (Wildman–Crippen LogP) is 4.25. The molecule has 0 saturated heterocycles. The minimum Gasteiger partial charge on any atom is -0.495 e. The monoisotopic (exact) mass is 364 g/mol. The van der Waals surface area contributed by atoms with Gasteiger partial charge in [0.05, 0.1) is 25.5 Å². The molecule has 0 saturated carbocycles. The van der Waals surface area contributed by atoms with Crippen molar-refractivity contribution in [1.29, 1.82) is 0 Å². The number of carbonyl (C=O) groups is 1. The number of aryl methyl sites for hydroxylation is 1. The fourth-order valence-corrected chi connectivity index (χ4v) is 2.45. The molecule has 0 unspecified atom stereocenters. The smallest absolute Gasteiger partial charge is 0.337 e. The van der Waals surface area contributed by atoms with Crippen molar-refractivity contribution >= 4 is 46.3 Å². The molecule has 0 heterocycles. The van der Waals surface area contributed by atoms with Gasteiger partial charge in [-0.05, 0) is 55.0 Å². The second-order valence-electron chi connectivity index (χ2n) is 4.95. The molecule has 5 nitrogen and oxygen atoms in total. The van der Waals surface area contributed by atoms with Crippen molar-refractivity contribution in [3.05, 3.63) is 52.5 Å². The van der Waals surface area contributed by atoms with Gasteiger partial charge in [-0.2, -0.15) is 0 Å². The molecule has 0 spiro atoms. The fraction of sp³-hybridized carbons (Fsp3) is 0.176. The van der Waals surface area contributed by atoms with E-state index in [9.17, 15) is 4.79 Å². The molecule has 2 aromatic rings. The van der Waals surface area contributed by atoms with E-state index < -0.39 is 5.97 Å². The number of benzene rings is 2. The normalized spacial score (nSPS) is 10.0. The average Bonchev–Trinajstić information content (AvgIpc) is 2.56. The average molecular weight is 365 g/mol. The van der Waals surface area contributed by atoms with Crippen molar-refractivity contribution in [3.63, 3.8) is 0 Å². The molecule has 0 fully saturated rings. The highest BCUT2D eigenvalue weighted by Crippen LogP contribution is 2.28. The van der Waals surface area contributed by atoms with E-state index >= 15 is 0 Å². The number of esters is 1. The topological polar surface area (TPSA) is 59.6 Å². The molecule has 2 rings (SSSR count). The van der Waals surface area contributed by atoms with Crippen molar-refractivity contribution in [1.82, 2.24) is 0 Å². The maximum Gasteiger partial charge on any atom is 0.337 e. The molecule has 0 aliphatic heterocycles. The summed E-state index contributed by atoms with van der Waals surface area (Å²) in [5.41, 5.74) is 2.72. The minimum absolute atomic E-state index is 0.348. The molecule has 0 bridgehead atoms. The van der Waals surface area contributed by atoms with Crippen molar-refractivity contribution in [3.8, 4) is 5.75 Å². The number of halogens is 1. The Balaban J connectivity index is 2.18. The van der Waals surface area contributed by atoms with Crippen LogP contribution in [-0.2, 0) is 4.74 Å². The zero-order valence-corrected chi connectivity index (χ0v) is 15.0. The number of nitrogens with one attached hydrogen (secondary N) is 2. The summed E-state index contributed by atoms with van der Waals surface area (Å²) >= 11 is 11.3. The van der Waals surface area contributed by atoms with Crippen LogP contribution in [0.15, 0.2) is 36.4 Å². The number of thiocarbonyl (C=S) groups is 1. The Morgan fingerprint density at radius 2 is 1.79 bits per heavy atom. The predicted molar refractivity (Wildman–Crippen MR) is 100 cm³/mol. The van der Waals surface area contributed by atoms with Gasteiger partial charge in [-0.25, -0.2) is 4.79 Å². The van der Waals surface area contributed by atoms with Crippen LogP contribution < -0.4 is 15.4 Å². The van der Waals surface area contributed by atoms with Crippen molar-refractivity contribution in [2.24, 2.45) is 0 Å². The molecule has 2 N–H and O–H groups in total. The maximum absolute atomic E-state index is 11.6. The van der Waals surface area contributed by atoms with Crippen LogP contribution in [0.3, 0.4) is 0 Å². The van der Waals surface area contributed by atoms with Crippen molar-refractivity contribution in [2.45, 2.75) is 6.92 Å². The lowest BCUT2D eigenvalue weighted by molar-refractivity contribution is 0.0601. The van der Waals surface area contributed by atoms with Gasteiger partial charge < -0.3 is 20.1 Å². The van der Waals surface area contributed by atoms with E-state index in [1.54, 1.807) is 37.4 Å². The fourth-order valence-electron chi connectivity index (χ4n) is 2.06. The van der Waals surface area contributed by atoms with Crippen LogP contribution in [0.25, 0.3) is 0 Å². The highest BCUT2D eigenvalue weighted by Gasteiger charge is 2.10. The van der Waals surface area contributed by atoms with Crippen LogP contribution in [0, 0.1) is 6.92 Å². The summed E-state index contributed by atoms with van der Waals surface area (Å²) in [6.45, 7) is 1.91. The van der Waals surface area contributed by atoms with Gasteiger partial charge in [-0.1, -0.05) is 17.7 Å². The summed E-state index contributed by atoms with van der Waals surface area (Å²) in [7, 11) is 2.90. The molecule has 0 aliphatic rings. The van der Waals surface area contributed by atoms with Crippen LogP contribution >= 0.6 is 23.8 Å². The number of carbonyl (C=O) groups excluding carboxylic acids is 1. The van der Waals surface area contributed by atoms with Crippen LogP contribution in [0.5, 0.6) is 5.75 Å². The van der Waals surface area contributed by atoms with E-state index in [2.05, 4.69) is 10.6 Å². The number of methoxy groups -OCH3 is 2. The van der Waals surface area contributed by atoms with E-state index in [0.717, 1.165) is 5.56 Å². The number of ether oxygens (including phenoxy) is 2. The lowest BCUT2D eigenvalue weighted by atomic mass is 10.1. The number of anilines is 2. The molecular formula is C17H17ClN2O3S. The molecule has 126 valence electrons. The van der Waals surface area contributed by atoms with Crippen molar-refractivity contribution in [2.75, 3.05) is 24.9 Å². The standard InChI is InChI=1S/C17H17ClN2O3S/c1-10-4-5-11(16(21)23-3)8-13(10)19-17(24)20-14-9-12(18)6-7-15(14)22-2/h4-9H,1-3H3,(H2,19,20,24). The zero-order chi connectivity index (χ0) is 17.7. The molecule has 0 amide bonds. The summed E-state index contributed by atoms with van der Waals surface area (Å²) in [5.74, 6) is 0.206. The number of hydrogen-bond donors (Lipinski definition) is 2. The largest absolute Gasteiger partial charge is 0.495 e. The SMILES string of the molecule is COC(=O)c1ccc(C)c(NC(=S)Nc2cc(Cl)ccc2OC)c1. The Bertz CT molecular complexity index is 780. The van der Waals surface area contributed by atoms with E-state index in [-0.39, 0.29) is 0 Å². The first kappa shape index (κ1) is 18.0. The molecule has 0 aliphatic carbocycles. The van der Waals surface area contributed by atoms with Crippen molar-refractivity contribution < 1.29 is 14.3 Å². The Labute approximate surface area is 150 Å². The first-order valence-electron chi connectivity index (χ1n) is 7.05. The van der Waals surface area contributed by atoms with E-state index in [4.69, 9.17) is 33.3 Å². The van der Waals surface area contributed by atoms with E-state index in [0.29, 0.717) is 32.8 Å². The van der Waals surface area contributed by atoms with Crippen LogP contribution in [0.4, 0.5) is 11.4 Å². The molecule has 7 heteroatoms. The van der Waals surface area contributed by atoms with E-state index in [1.807, 2.05) is 13.0 Å². The van der Waals surface area contributed by atoms with Gasteiger partial charge >= 0.3 is 5.97 Å². The van der Waals surface area contributed by atoms with Gasteiger partial charge in [-0.15, -0.1) is 0 Å². The first-order chi connectivity index (χ1) is 11.4. The van der Waals surface area contributed by atoms with Gasteiger partial charge in [0.25, 0.3) is 0 Å².